The van der Waals surface area contributed by atoms with Crippen molar-refractivity contribution in [2.45, 2.75) is 32.7 Å². The quantitative estimate of drug-likeness (QED) is 0.859. The van der Waals surface area contributed by atoms with E-state index < -0.39 is 11.6 Å². The molecule has 0 unspecified atom stereocenters. The Labute approximate surface area is 112 Å². The number of carbonyl (C=O) groups excluding carboxylic acids is 1. The fourth-order valence-electron chi connectivity index (χ4n) is 1.51. The first-order chi connectivity index (χ1) is 8.76. The number of nitrogens with one attached hydrogen (secondary N) is 2. The summed E-state index contributed by atoms with van der Waals surface area (Å²) in [6.45, 7) is 6.48. The van der Waals surface area contributed by atoms with Crippen LogP contribution >= 0.6 is 0 Å². The second-order valence-corrected chi connectivity index (χ2v) is 5.48. The Kier molecular flexibility index (Phi) is 5.42. The van der Waals surface area contributed by atoms with Crippen LogP contribution in [0.1, 0.15) is 26.3 Å². The second kappa shape index (κ2) is 6.61. The number of amides is 1. The van der Waals surface area contributed by atoms with Crippen LogP contribution in [0.2, 0.25) is 0 Å². The van der Waals surface area contributed by atoms with Crippen molar-refractivity contribution in [3.8, 4) is 0 Å². The van der Waals surface area contributed by atoms with E-state index >= 15 is 0 Å². The van der Waals surface area contributed by atoms with Gasteiger partial charge in [-0.05, 0) is 44.9 Å². The highest BCUT2D eigenvalue weighted by molar-refractivity contribution is 5.78. The average molecular weight is 270 g/mol. The lowest BCUT2D eigenvalue weighted by molar-refractivity contribution is -0.120. The van der Waals surface area contributed by atoms with Crippen LogP contribution in [0.25, 0.3) is 0 Å². The maximum absolute atomic E-state index is 12.9. The van der Waals surface area contributed by atoms with Gasteiger partial charge in [0.2, 0.25) is 5.91 Å². The van der Waals surface area contributed by atoms with Gasteiger partial charge >= 0.3 is 0 Å². The van der Waals surface area contributed by atoms with Crippen LogP contribution in [-0.4, -0.2) is 24.5 Å². The topological polar surface area (TPSA) is 41.1 Å². The molecule has 0 bridgehead atoms. The van der Waals surface area contributed by atoms with Crippen molar-refractivity contribution in [2.24, 2.45) is 0 Å². The van der Waals surface area contributed by atoms with Crippen molar-refractivity contribution in [1.29, 1.82) is 0 Å². The molecule has 5 heteroatoms. The third-order valence-electron chi connectivity index (χ3n) is 2.44. The predicted octanol–water partition coefficient (Wildman–Crippen LogP) is 2.01. The Bertz CT molecular complexity index is 421. The fourth-order valence-corrected chi connectivity index (χ4v) is 1.51. The number of rotatable bonds is 5. The Balaban J connectivity index is 2.32. The molecule has 19 heavy (non-hydrogen) atoms. The summed E-state index contributed by atoms with van der Waals surface area (Å²) in [5.41, 5.74) is 0.407. The molecule has 0 radical (unpaired) electrons. The molecule has 0 saturated carbocycles. The minimum absolute atomic E-state index is 0.122. The van der Waals surface area contributed by atoms with Crippen LogP contribution in [0.5, 0.6) is 0 Å². The van der Waals surface area contributed by atoms with Crippen LogP contribution in [0.3, 0.4) is 0 Å². The Morgan fingerprint density at radius 2 is 1.74 bits per heavy atom. The second-order valence-electron chi connectivity index (χ2n) is 5.48. The lowest BCUT2D eigenvalue weighted by Crippen LogP contribution is -2.43. The largest absolute Gasteiger partial charge is 0.355 e. The summed E-state index contributed by atoms with van der Waals surface area (Å²) in [6.07, 6.45) is 0.399. The number of halogens is 2. The molecule has 1 amide bonds. The van der Waals surface area contributed by atoms with Crippen LogP contribution in [0.4, 0.5) is 8.78 Å². The Morgan fingerprint density at radius 3 is 2.26 bits per heavy atom. The van der Waals surface area contributed by atoms with E-state index in [4.69, 9.17) is 0 Å². The van der Waals surface area contributed by atoms with E-state index in [0.29, 0.717) is 18.5 Å². The van der Waals surface area contributed by atoms with Gasteiger partial charge in [-0.15, -0.1) is 0 Å². The van der Waals surface area contributed by atoms with Crippen LogP contribution < -0.4 is 10.6 Å². The molecule has 0 spiro atoms. The van der Waals surface area contributed by atoms with Gasteiger partial charge in [0.25, 0.3) is 0 Å². The zero-order valence-corrected chi connectivity index (χ0v) is 11.5. The molecule has 3 nitrogen and oxygen atoms in total. The first kappa shape index (κ1) is 15.6. The van der Waals surface area contributed by atoms with Gasteiger partial charge in [0, 0.05) is 18.2 Å². The SMILES string of the molecule is CC(C)(C)NCC(=O)NCCc1cc(F)cc(F)c1. The average Bonchev–Trinajstić information content (AvgIpc) is 2.24. The fraction of sp³-hybridized carbons (Fsp3) is 0.500. The summed E-state index contributed by atoms with van der Waals surface area (Å²) in [5, 5.41) is 5.75. The van der Waals surface area contributed by atoms with Crippen LogP contribution in [0.15, 0.2) is 18.2 Å². The molecule has 0 aliphatic heterocycles. The number of carbonyl (C=O) groups is 1. The Hall–Kier alpha value is -1.49. The highest BCUT2D eigenvalue weighted by Gasteiger charge is 2.10. The molecule has 0 fully saturated rings. The maximum atomic E-state index is 12.9. The first-order valence-electron chi connectivity index (χ1n) is 6.23. The van der Waals surface area contributed by atoms with Crippen molar-refractivity contribution in [3.63, 3.8) is 0 Å². The van der Waals surface area contributed by atoms with E-state index in [0.717, 1.165) is 6.07 Å². The van der Waals surface area contributed by atoms with Gasteiger partial charge in [0.1, 0.15) is 11.6 Å². The molecule has 1 aromatic rings. The first-order valence-corrected chi connectivity index (χ1v) is 6.23. The molecule has 1 aromatic carbocycles. The molecular weight excluding hydrogens is 250 g/mol. The summed E-state index contributed by atoms with van der Waals surface area (Å²) in [7, 11) is 0. The van der Waals surface area contributed by atoms with E-state index in [1.165, 1.54) is 12.1 Å². The summed E-state index contributed by atoms with van der Waals surface area (Å²) in [6, 6.07) is 3.36. The van der Waals surface area contributed by atoms with E-state index in [-0.39, 0.29) is 18.0 Å². The lowest BCUT2D eigenvalue weighted by Gasteiger charge is -2.20. The van der Waals surface area contributed by atoms with Crippen molar-refractivity contribution in [2.75, 3.05) is 13.1 Å². The highest BCUT2D eigenvalue weighted by atomic mass is 19.1. The molecule has 0 aromatic heterocycles. The normalized spacial score (nSPS) is 11.4. The van der Waals surface area contributed by atoms with Gasteiger partial charge in [-0.25, -0.2) is 8.78 Å². The minimum atomic E-state index is -0.601. The van der Waals surface area contributed by atoms with Crippen molar-refractivity contribution >= 4 is 5.91 Å². The molecule has 1 rings (SSSR count). The predicted molar refractivity (Wildman–Crippen MR) is 70.8 cm³/mol. The van der Waals surface area contributed by atoms with E-state index in [1.54, 1.807) is 0 Å². The van der Waals surface area contributed by atoms with Gasteiger partial charge in [-0.3, -0.25) is 4.79 Å². The highest BCUT2D eigenvalue weighted by Crippen LogP contribution is 2.08. The summed E-state index contributed by atoms with van der Waals surface area (Å²) in [4.78, 5) is 11.5. The minimum Gasteiger partial charge on any atom is -0.355 e. The lowest BCUT2D eigenvalue weighted by atomic mass is 10.1. The smallest absolute Gasteiger partial charge is 0.233 e. The summed E-state index contributed by atoms with van der Waals surface area (Å²) < 4.78 is 25.9. The van der Waals surface area contributed by atoms with Crippen LogP contribution in [0, 0.1) is 11.6 Å². The van der Waals surface area contributed by atoms with E-state index in [9.17, 15) is 13.6 Å². The van der Waals surface area contributed by atoms with E-state index in [1.807, 2.05) is 20.8 Å². The van der Waals surface area contributed by atoms with E-state index in [2.05, 4.69) is 10.6 Å². The van der Waals surface area contributed by atoms with Gasteiger partial charge < -0.3 is 10.6 Å². The van der Waals surface area contributed by atoms with Crippen LogP contribution in [-0.2, 0) is 11.2 Å². The summed E-state index contributed by atoms with van der Waals surface area (Å²) in [5.74, 6) is -1.33. The van der Waals surface area contributed by atoms with Crippen molar-refractivity contribution in [3.05, 3.63) is 35.4 Å². The molecule has 0 heterocycles. The maximum Gasteiger partial charge on any atom is 0.233 e. The standard InChI is InChI=1S/C14H20F2N2O/c1-14(2,3)18-9-13(19)17-5-4-10-6-11(15)8-12(16)7-10/h6-8,18H,4-5,9H2,1-3H3,(H,17,19). The molecule has 2 N–H and O–H groups in total. The van der Waals surface area contributed by atoms with Gasteiger partial charge in [0.15, 0.2) is 0 Å². The molecule has 0 aliphatic rings. The number of hydrogen-bond acceptors (Lipinski definition) is 2. The van der Waals surface area contributed by atoms with Crippen molar-refractivity contribution in [1.82, 2.24) is 10.6 Å². The monoisotopic (exact) mass is 270 g/mol. The van der Waals surface area contributed by atoms with Gasteiger partial charge in [0.05, 0.1) is 6.54 Å². The zero-order valence-electron chi connectivity index (χ0n) is 11.5. The third-order valence-corrected chi connectivity index (χ3v) is 2.44. The Morgan fingerprint density at radius 1 is 1.16 bits per heavy atom. The summed E-state index contributed by atoms with van der Waals surface area (Å²) >= 11 is 0. The number of hydrogen-bond donors (Lipinski definition) is 2. The molecule has 0 aliphatic carbocycles. The number of benzene rings is 1. The van der Waals surface area contributed by atoms with Gasteiger partial charge in [-0.1, -0.05) is 0 Å². The van der Waals surface area contributed by atoms with Crippen molar-refractivity contribution < 1.29 is 13.6 Å². The zero-order chi connectivity index (χ0) is 14.5. The third kappa shape index (κ3) is 6.86. The molecular formula is C14H20F2N2O. The van der Waals surface area contributed by atoms with Gasteiger partial charge in [-0.2, -0.15) is 0 Å². The molecule has 0 saturated heterocycles. The molecule has 0 atom stereocenters. The molecule has 106 valence electrons.